The molecule has 0 aliphatic heterocycles. The van der Waals surface area contributed by atoms with Gasteiger partial charge in [0.05, 0.1) is 11.9 Å². The summed E-state index contributed by atoms with van der Waals surface area (Å²) in [5, 5.41) is 5.55. The van der Waals surface area contributed by atoms with E-state index in [9.17, 15) is 4.79 Å². The lowest BCUT2D eigenvalue weighted by Gasteiger charge is -2.12. The first-order valence-electron chi connectivity index (χ1n) is 6.72. The van der Waals surface area contributed by atoms with Crippen molar-refractivity contribution in [2.45, 2.75) is 6.42 Å². The van der Waals surface area contributed by atoms with Crippen LogP contribution >= 0.6 is 0 Å². The van der Waals surface area contributed by atoms with E-state index in [-0.39, 0.29) is 6.03 Å². The molecule has 0 fully saturated rings. The van der Waals surface area contributed by atoms with Crippen LogP contribution in [0.3, 0.4) is 0 Å². The molecule has 0 saturated heterocycles. The summed E-state index contributed by atoms with van der Waals surface area (Å²) < 4.78 is 0. The third-order valence-corrected chi connectivity index (χ3v) is 2.89. The Hall–Kier alpha value is -2.63. The molecule has 2 amide bonds. The van der Waals surface area contributed by atoms with Crippen molar-refractivity contribution < 1.29 is 4.79 Å². The smallest absolute Gasteiger partial charge is 0.319 e. The fourth-order valence-corrected chi connectivity index (χ4v) is 1.77. The summed E-state index contributed by atoms with van der Waals surface area (Å²) in [6.07, 6.45) is 5.91. The van der Waals surface area contributed by atoms with Crippen LogP contribution in [-0.2, 0) is 6.42 Å². The molecular formula is C15H19N5O. The Labute approximate surface area is 124 Å². The summed E-state index contributed by atoms with van der Waals surface area (Å²) in [5.74, 6) is 0.845. The number of carbonyl (C=O) groups is 1. The molecule has 110 valence electrons. The molecule has 2 aromatic heterocycles. The van der Waals surface area contributed by atoms with Gasteiger partial charge in [0.1, 0.15) is 5.82 Å². The van der Waals surface area contributed by atoms with Crippen LogP contribution in [0, 0.1) is 0 Å². The predicted molar refractivity (Wildman–Crippen MR) is 83.5 cm³/mol. The molecule has 0 aliphatic rings. The summed E-state index contributed by atoms with van der Waals surface area (Å²) >= 11 is 0. The van der Waals surface area contributed by atoms with Crippen LogP contribution in [0.1, 0.15) is 5.56 Å². The van der Waals surface area contributed by atoms with E-state index < -0.39 is 0 Å². The number of urea groups is 1. The van der Waals surface area contributed by atoms with E-state index in [4.69, 9.17) is 0 Å². The molecule has 0 aliphatic carbocycles. The number of hydrogen-bond donors (Lipinski definition) is 2. The number of aromatic nitrogens is 2. The molecule has 0 spiro atoms. The molecule has 2 N–H and O–H groups in total. The predicted octanol–water partition coefficient (Wildman–Crippen LogP) is 1.91. The third kappa shape index (κ3) is 4.76. The summed E-state index contributed by atoms with van der Waals surface area (Å²) in [5.41, 5.74) is 1.76. The second-order valence-corrected chi connectivity index (χ2v) is 4.79. The van der Waals surface area contributed by atoms with Crippen LogP contribution in [-0.4, -0.2) is 36.6 Å². The number of nitrogens with one attached hydrogen (secondary N) is 2. The molecule has 0 saturated carbocycles. The Morgan fingerprint density at radius 2 is 2.10 bits per heavy atom. The van der Waals surface area contributed by atoms with E-state index in [1.807, 2.05) is 43.3 Å². The molecule has 2 heterocycles. The van der Waals surface area contributed by atoms with E-state index in [0.29, 0.717) is 12.2 Å². The normalized spacial score (nSPS) is 10.0. The lowest BCUT2D eigenvalue weighted by atomic mass is 10.2. The third-order valence-electron chi connectivity index (χ3n) is 2.89. The van der Waals surface area contributed by atoms with Crippen LogP contribution in [0.5, 0.6) is 0 Å². The van der Waals surface area contributed by atoms with Crippen LogP contribution in [0.2, 0.25) is 0 Å². The van der Waals surface area contributed by atoms with Gasteiger partial charge in [0.15, 0.2) is 0 Å². The van der Waals surface area contributed by atoms with E-state index in [0.717, 1.165) is 17.8 Å². The topological polar surface area (TPSA) is 70.2 Å². The average molecular weight is 285 g/mol. The number of nitrogens with zero attached hydrogens (tertiary/aromatic N) is 3. The summed E-state index contributed by atoms with van der Waals surface area (Å²) in [7, 11) is 3.83. The Morgan fingerprint density at radius 1 is 1.24 bits per heavy atom. The number of anilines is 2. The van der Waals surface area contributed by atoms with Gasteiger partial charge in [-0.15, -0.1) is 0 Å². The van der Waals surface area contributed by atoms with Crippen molar-refractivity contribution in [2.24, 2.45) is 0 Å². The van der Waals surface area contributed by atoms with Gasteiger partial charge < -0.3 is 15.5 Å². The highest BCUT2D eigenvalue weighted by molar-refractivity contribution is 5.89. The van der Waals surface area contributed by atoms with Crippen molar-refractivity contribution in [1.82, 2.24) is 15.3 Å². The maximum absolute atomic E-state index is 11.7. The zero-order valence-corrected chi connectivity index (χ0v) is 12.2. The van der Waals surface area contributed by atoms with E-state index in [1.54, 1.807) is 18.6 Å². The number of hydrogen-bond acceptors (Lipinski definition) is 4. The molecule has 6 heteroatoms. The monoisotopic (exact) mass is 285 g/mol. The minimum atomic E-state index is -0.238. The van der Waals surface area contributed by atoms with Crippen molar-refractivity contribution in [3.8, 4) is 0 Å². The Kier molecular flexibility index (Phi) is 5.09. The van der Waals surface area contributed by atoms with Gasteiger partial charge in [-0.25, -0.2) is 9.78 Å². The Balaban J connectivity index is 1.76. The van der Waals surface area contributed by atoms with Crippen LogP contribution in [0.15, 0.2) is 42.9 Å². The standard InChI is InChI=1S/C15H19N5O/c1-20(2)14-6-5-13(11-18-14)19-15(21)17-9-7-12-4-3-8-16-10-12/h3-6,8,10-11H,7,9H2,1-2H3,(H2,17,19,21). The summed E-state index contributed by atoms with van der Waals surface area (Å²) in [4.78, 5) is 21.9. The lowest BCUT2D eigenvalue weighted by Crippen LogP contribution is -2.30. The van der Waals surface area contributed by atoms with Gasteiger partial charge in [-0.2, -0.15) is 0 Å². The zero-order valence-electron chi connectivity index (χ0n) is 12.2. The van der Waals surface area contributed by atoms with Crippen molar-refractivity contribution in [3.63, 3.8) is 0 Å². The second-order valence-electron chi connectivity index (χ2n) is 4.79. The minimum absolute atomic E-state index is 0.238. The quantitative estimate of drug-likeness (QED) is 0.880. The number of rotatable bonds is 5. The van der Waals surface area contributed by atoms with Crippen molar-refractivity contribution in [1.29, 1.82) is 0 Å². The fourth-order valence-electron chi connectivity index (χ4n) is 1.77. The van der Waals surface area contributed by atoms with Gasteiger partial charge in [0.25, 0.3) is 0 Å². The fraction of sp³-hybridized carbons (Fsp3) is 0.267. The summed E-state index contributed by atoms with van der Waals surface area (Å²) in [6.45, 7) is 0.556. The minimum Gasteiger partial charge on any atom is -0.363 e. The highest BCUT2D eigenvalue weighted by Gasteiger charge is 2.03. The first-order chi connectivity index (χ1) is 10.1. The number of carbonyl (C=O) groups excluding carboxylic acids is 1. The van der Waals surface area contributed by atoms with Gasteiger partial charge in [-0.05, 0) is 30.2 Å². The van der Waals surface area contributed by atoms with Crippen molar-refractivity contribution in [3.05, 3.63) is 48.4 Å². The maximum Gasteiger partial charge on any atom is 0.319 e. The zero-order chi connectivity index (χ0) is 15.1. The van der Waals surface area contributed by atoms with Gasteiger partial charge in [-0.3, -0.25) is 4.98 Å². The molecule has 2 aromatic rings. The summed E-state index contributed by atoms with van der Waals surface area (Å²) in [6, 6.07) is 7.30. The van der Waals surface area contributed by atoms with Crippen molar-refractivity contribution in [2.75, 3.05) is 30.9 Å². The SMILES string of the molecule is CN(C)c1ccc(NC(=O)NCCc2cccnc2)cn1. The van der Waals surface area contributed by atoms with Crippen LogP contribution in [0.25, 0.3) is 0 Å². The molecule has 0 bridgehead atoms. The van der Waals surface area contributed by atoms with Gasteiger partial charge in [0, 0.05) is 33.0 Å². The lowest BCUT2D eigenvalue weighted by molar-refractivity contribution is 0.252. The van der Waals surface area contributed by atoms with Gasteiger partial charge >= 0.3 is 6.03 Å². The molecule has 0 atom stereocenters. The number of amides is 2. The maximum atomic E-state index is 11.7. The molecule has 6 nitrogen and oxygen atoms in total. The molecular weight excluding hydrogens is 266 g/mol. The van der Waals surface area contributed by atoms with Crippen LogP contribution in [0.4, 0.5) is 16.3 Å². The molecule has 2 rings (SSSR count). The largest absolute Gasteiger partial charge is 0.363 e. The van der Waals surface area contributed by atoms with E-state index in [1.165, 1.54) is 0 Å². The van der Waals surface area contributed by atoms with E-state index >= 15 is 0 Å². The van der Waals surface area contributed by atoms with Gasteiger partial charge in [-0.1, -0.05) is 6.07 Å². The second kappa shape index (κ2) is 7.23. The average Bonchev–Trinajstić information content (AvgIpc) is 2.49. The molecule has 0 radical (unpaired) electrons. The highest BCUT2D eigenvalue weighted by atomic mass is 16.2. The Bertz CT molecular complexity index is 568. The highest BCUT2D eigenvalue weighted by Crippen LogP contribution is 2.11. The molecule has 21 heavy (non-hydrogen) atoms. The Morgan fingerprint density at radius 3 is 2.71 bits per heavy atom. The molecule has 0 aromatic carbocycles. The number of pyridine rings is 2. The van der Waals surface area contributed by atoms with Crippen molar-refractivity contribution >= 4 is 17.5 Å². The van der Waals surface area contributed by atoms with Crippen LogP contribution < -0.4 is 15.5 Å². The molecule has 0 unspecified atom stereocenters. The first-order valence-corrected chi connectivity index (χ1v) is 6.72. The van der Waals surface area contributed by atoms with Gasteiger partial charge in [0.2, 0.25) is 0 Å². The first kappa shape index (κ1) is 14.8. The van der Waals surface area contributed by atoms with E-state index in [2.05, 4.69) is 20.6 Å².